The van der Waals surface area contributed by atoms with Crippen molar-refractivity contribution in [1.29, 1.82) is 0 Å². The predicted molar refractivity (Wildman–Crippen MR) is 69.6 cm³/mol. The first kappa shape index (κ1) is 12.7. The van der Waals surface area contributed by atoms with E-state index in [4.69, 9.17) is 0 Å². The Bertz CT molecular complexity index is 366. The van der Waals surface area contributed by atoms with Crippen molar-refractivity contribution in [2.45, 2.75) is 6.92 Å². The molecule has 4 heteroatoms. The van der Waals surface area contributed by atoms with Crippen LogP contribution in [0.15, 0.2) is 22.7 Å². The van der Waals surface area contributed by atoms with E-state index in [1.807, 2.05) is 32.2 Å². The Hall–Kier alpha value is -0.350. The van der Waals surface area contributed by atoms with Gasteiger partial charge in [-0.2, -0.15) is 0 Å². The molecule has 0 aliphatic rings. The summed E-state index contributed by atoms with van der Waals surface area (Å²) in [4.78, 5) is 13.7. The van der Waals surface area contributed by atoms with Crippen LogP contribution < -0.4 is 0 Å². The zero-order valence-electron chi connectivity index (χ0n) is 8.76. The van der Waals surface area contributed by atoms with Crippen molar-refractivity contribution in [1.82, 2.24) is 4.90 Å². The maximum atomic E-state index is 12.0. The lowest BCUT2D eigenvalue weighted by Crippen LogP contribution is -2.28. The summed E-state index contributed by atoms with van der Waals surface area (Å²) in [5.41, 5.74) is 1.76. The summed E-state index contributed by atoms with van der Waals surface area (Å²) >= 11 is 6.70. The van der Waals surface area contributed by atoms with Gasteiger partial charge in [0, 0.05) is 29.0 Å². The molecule has 0 aromatic heterocycles. The molecule has 0 bridgehead atoms. The molecule has 0 aliphatic carbocycles. The minimum absolute atomic E-state index is 0.0689. The normalized spacial score (nSPS) is 10.1. The molecule has 2 nitrogen and oxygen atoms in total. The van der Waals surface area contributed by atoms with Crippen LogP contribution in [0.4, 0.5) is 0 Å². The first-order valence-electron chi connectivity index (χ1n) is 4.64. The Kier molecular flexibility index (Phi) is 4.80. The second-order valence-electron chi connectivity index (χ2n) is 3.37. The van der Waals surface area contributed by atoms with Crippen molar-refractivity contribution >= 4 is 37.8 Å². The molecule has 0 unspecified atom stereocenters. The summed E-state index contributed by atoms with van der Waals surface area (Å²) < 4.78 is 1.000. The predicted octanol–water partition coefficient (Wildman–Crippen LogP) is 3.22. The molecule has 0 saturated heterocycles. The van der Waals surface area contributed by atoms with E-state index in [1.165, 1.54) is 0 Å². The van der Waals surface area contributed by atoms with E-state index >= 15 is 0 Å². The van der Waals surface area contributed by atoms with Gasteiger partial charge >= 0.3 is 0 Å². The molecule has 0 radical (unpaired) electrons. The molecule has 1 aromatic carbocycles. The molecule has 0 fully saturated rings. The number of nitrogens with zero attached hydrogens (tertiary/aromatic N) is 1. The third-order valence-electron chi connectivity index (χ3n) is 2.19. The highest BCUT2D eigenvalue weighted by atomic mass is 79.9. The maximum Gasteiger partial charge on any atom is 0.253 e. The zero-order chi connectivity index (χ0) is 11.4. The van der Waals surface area contributed by atoms with Crippen LogP contribution in [0.1, 0.15) is 15.9 Å². The second kappa shape index (κ2) is 5.66. The highest BCUT2D eigenvalue weighted by molar-refractivity contribution is 9.10. The minimum atomic E-state index is 0.0689. The number of amides is 1. The van der Waals surface area contributed by atoms with Crippen LogP contribution in [0.3, 0.4) is 0 Å². The van der Waals surface area contributed by atoms with Gasteiger partial charge in [-0.3, -0.25) is 4.79 Å². The molecule has 15 heavy (non-hydrogen) atoms. The van der Waals surface area contributed by atoms with E-state index in [-0.39, 0.29) is 5.91 Å². The minimum Gasteiger partial charge on any atom is -0.341 e. The van der Waals surface area contributed by atoms with Crippen LogP contribution in [-0.4, -0.2) is 29.7 Å². The van der Waals surface area contributed by atoms with Crippen molar-refractivity contribution in [3.8, 4) is 0 Å². The summed E-state index contributed by atoms with van der Waals surface area (Å²) in [6.45, 7) is 2.66. The third-order valence-corrected chi connectivity index (χ3v) is 3.03. The average molecular weight is 335 g/mol. The van der Waals surface area contributed by atoms with Gasteiger partial charge in [0.15, 0.2) is 0 Å². The quantitative estimate of drug-likeness (QED) is 0.777. The molecule has 0 heterocycles. The molecule has 1 aromatic rings. The van der Waals surface area contributed by atoms with Crippen LogP contribution in [0.25, 0.3) is 0 Å². The first-order valence-corrected chi connectivity index (χ1v) is 6.55. The van der Waals surface area contributed by atoms with Crippen molar-refractivity contribution in [2.75, 3.05) is 18.9 Å². The number of aryl methyl sites for hydroxylation is 1. The fourth-order valence-corrected chi connectivity index (χ4v) is 2.31. The summed E-state index contributed by atoms with van der Waals surface area (Å²) in [7, 11) is 1.81. The number of rotatable bonds is 3. The summed E-state index contributed by atoms with van der Waals surface area (Å²) in [6, 6.07) is 5.70. The van der Waals surface area contributed by atoms with Crippen LogP contribution in [0.2, 0.25) is 0 Å². The van der Waals surface area contributed by atoms with Gasteiger partial charge in [-0.05, 0) is 30.7 Å². The summed E-state index contributed by atoms with van der Waals surface area (Å²) in [5.74, 6) is 0.0689. The van der Waals surface area contributed by atoms with E-state index in [0.717, 1.165) is 20.9 Å². The molecule has 82 valence electrons. The van der Waals surface area contributed by atoms with Crippen LogP contribution in [0, 0.1) is 6.92 Å². The van der Waals surface area contributed by atoms with E-state index in [2.05, 4.69) is 31.9 Å². The van der Waals surface area contributed by atoms with Crippen molar-refractivity contribution < 1.29 is 4.79 Å². The number of alkyl halides is 1. The van der Waals surface area contributed by atoms with E-state index in [1.54, 1.807) is 4.90 Å². The third kappa shape index (κ3) is 3.31. The SMILES string of the molecule is Cc1cc(Br)ccc1C(=O)N(C)CCBr. The topological polar surface area (TPSA) is 20.3 Å². The zero-order valence-corrected chi connectivity index (χ0v) is 11.9. The Morgan fingerprint density at radius 2 is 2.13 bits per heavy atom. The smallest absolute Gasteiger partial charge is 0.253 e. The van der Waals surface area contributed by atoms with Gasteiger partial charge in [-0.15, -0.1) is 0 Å². The molecule has 0 N–H and O–H groups in total. The van der Waals surface area contributed by atoms with Crippen LogP contribution in [0.5, 0.6) is 0 Å². The fraction of sp³-hybridized carbons (Fsp3) is 0.364. The number of halogens is 2. The van der Waals surface area contributed by atoms with Crippen LogP contribution >= 0.6 is 31.9 Å². The van der Waals surface area contributed by atoms with Gasteiger partial charge in [0.1, 0.15) is 0 Å². The molecule has 1 amide bonds. The molecule has 1 rings (SSSR count). The maximum absolute atomic E-state index is 12.0. The molecular formula is C11H13Br2NO. The Morgan fingerprint density at radius 3 is 2.67 bits per heavy atom. The van der Waals surface area contributed by atoms with Crippen molar-refractivity contribution in [3.05, 3.63) is 33.8 Å². The van der Waals surface area contributed by atoms with Gasteiger partial charge in [-0.25, -0.2) is 0 Å². The van der Waals surface area contributed by atoms with E-state index < -0.39 is 0 Å². The number of carbonyl (C=O) groups excluding carboxylic acids is 1. The van der Waals surface area contributed by atoms with Gasteiger partial charge in [0.25, 0.3) is 5.91 Å². The molecule has 0 saturated carbocycles. The van der Waals surface area contributed by atoms with Gasteiger partial charge < -0.3 is 4.90 Å². The van der Waals surface area contributed by atoms with Crippen molar-refractivity contribution in [3.63, 3.8) is 0 Å². The average Bonchev–Trinajstić information content (AvgIpc) is 2.17. The largest absolute Gasteiger partial charge is 0.341 e. The monoisotopic (exact) mass is 333 g/mol. The Morgan fingerprint density at radius 1 is 1.47 bits per heavy atom. The van der Waals surface area contributed by atoms with Crippen LogP contribution in [-0.2, 0) is 0 Å². The lowest BCUT2D eigenvalue weighted by atomic mass is 10.1. The lowest BCUT2D eigenvalue weighted by molar-refractivity contribution is 0.0803. The Balaban J connectivity index is 2.91. The fourth-order valence-electron chi connectivity index (χ4n) is 1.30. The van der Waals surface area contributed by atoms with Gasteiger partial charge in [0.05, 0.1) is 0 Å². The molecular weight excluding hydrogens is 322 g/mol. The highest BCUT2D eigenvalue weighted by Crippen LogP contribution is 2.17. The molecule has 0 atom stereocenters. The Labute approximate surface area is 107 Å². The number of benzene rings is 1. The second-order valence-corrected chi connectivity index (χ2v) is 5.08. The standard InChI is InChI=1S/C11H13Br2NO/c1-8-7-9(13)3-4-10(8)11(15)14(2)6-5-12/h3-4,7H,5-6H2,1-2H3. The van der Waals surface area contributed by atoms with Gasteiger partial charge in [-0.1, -0.05) is 31.9 Å². The number of hydrogen-bond acceptors (Lipinski definition) is 1. The summed E-state index contributed by atoms with van der Waals surface area (Å²) in [5, 5.41) is 0.796. The van der Waals surface area contributed by atoms with Crippen molar-refractivity contribution in [2.24, 2.45) is 0 Å². The first-order chi connectivity index (χ1) is 7.06. The van der Waals surface area contributed by atoms with Gasteiger partial charge in [0.2, 0.25) is 0 Å². The summed E-state index contributed by atoms with van der Waals surface area (Å²) in [6.07, 6.45) is 0. The highest BCUT2D eigenvalue weighted by Gasteiger charge is 2.13. The number of hydrogen-bond donors (Lipinski definition) is 0. The molecule has 0 spiro atoms. The van der Waals surface area contributed by atoms with E-state index in [9.17, 15) is 4.79 Å². The molecule has 0 aliphatic heterocycles. The lowest BCUT2D eigenvalue weighted by Gasteiger charge is -2.17. The number of carbonyl (C=O) groups is 1. The van der Waals surface area contributed by atoms with E-state index in [0.29, 0.717) is 6.54 Å².